The number of carbonyl (C=O) groups is 3. The van der Waals surface area contributed by atoms with E-state index in [0.29, 0.717) is 17.7 Å². The SMILES string of the molecule is CCCCC(=O)Nc1ccc(C(=O)NNC(=O)C=Cc2ccc(OC)cc2)cc1. The van der Waals surface area contributed by atoms with Crippen LogP contribution in [0.1, 0.15) is 42.1 Å². The van der Waals surface area contributed by atoms with Crippen LogP contribution in [0.2, 0.25) is 0 Å². The van der Waals surface area contributed by atoms with Crippen LogP contribution in [0.5, 0.6) is 5.75 Å². The number of ether oxygens (including phenoxy) is 1. The van der Waals surface area contributed by atoms with Gasteiger partial charge in [0.15, 0.2) is 0 Å². The Balaban J connectivity index is 1.81. The van der Waals surface area contributed by atoms with Crippen molar-refractivity contribution in [3.63, 3.8) is 0 Å². The van der Waals surface area contributed by atoms with E-state index in [4.69, 9.17) is 4.74 Å². The third-order valence-corrected chi connectivity index (χ3v) is 4.03. The summed E-state index contributed by atoms with van der Waals surface area (Å²) in [5, 5.41) is 2.78. The van der Waals surface area contributed by atoms with Gasteiger partial charge in [0.25, 0.3) is 11.8 Å². The smallest absolute Gasteiger partial charge is 0.269 e. The van der Waals surface area contributed by atoms with Crippen molar-refractivity contribution >= 4 is 29.5 Å². The first-order valence-electron chi connectivity index (χ1n) is 9.34. The fraction of sp³-hybridized carbons (Fsp3) is 0.227. The van der Waals surface area contributed by atoms with E-state index < -0.39 is 11.8 Å². The first-order chi connectivity index (χ1) is 14.0. The summed E-state index contributed by atoms with van der Waals surface area (Å²) < 4.78 is 5.07. The maximum atomic E-state index is 12.1. The van der Waals surface area contributed by atoms with Crippen molar-refractivity contribution in [2.24, 2.45) is 0 Å². The van der Waals surface area contributed by atoms with Gasteiger partial charge in [0.05, 0.1) is 7.11 Å². The minimum Gasteiger partial charge on any atom is -0.497 e. The van der Waals surface area contributed by atoms with E-state index in [9.17, 15) is 14.4 Å². The minimum atomic E-state index is -0.464. The second-order valence-corrected chi connectivity index (χ2v) is 6.28. The quantitative estimate of drug-likeness (QED) is 0.472. The average Bonchev–Trinajstić information content (AvgIpc) is 2.75. The normalized spacial score (nSPS) is 10.4. The zero-order valence-corrected chi connectivity index (χ0v) is 16.5. The number of amides is 3. The fourth-order valence-electron chi connectivity index (χ4n) is 2.38. The molecule has 0 aliphatic carbocycles. The van der Waals surface area contributed by atoms with E-state index in [-0.39, 0.29) is 5.91 Å². The Morgan fingerprint density at radius 3 is 2.28 bits per heavy atom. The van der Waals surface area contributed by atoms with Gasteiger partial charge in [-0.3, -0.25) is 25.2 Å². The molecule has 2 aromatic carbocycles. The number of benzene rings is 2. The van der Waals surface area contributed by atoms with Gasteiger partial charge in [0.2, 0.25) is 5.91 Å². The lowest BCUT2D eigenvalue weighted by atomic mass is 10.2. The molecular weight excluding hydrogens is 370 g/mol. The van der Waals surface area contributed by atoms with E-state index in [1.54, 1.807) is 49.6 Å². The molecule has 0 fully saturated rings. The lowest BCUT2D eigenvalue weighted by Gasteiger charge is -2.07. The van der Waals surface area contributed by atoms with Crippen LogP contribution < -0.4 is 20.9 Å². The molecule has 2 aromatic rings. The summed E-state index contributed by atoms with van der Waals surface area (Å²) in [6.45, 7) is 2.02. The minimum absolute atomic E-state index is 0.0556. The molecule has 7 heteroatoms. The van der Waals surface area contributed by atoms with Crippen molar-refractivity contribution in [3.05, 3.63) is 65.7 Å². The first-order valence-corrected chi connectivity index (χ1v) is 9.34. The molecule has 0 heterocycles. The van der Waals surface area contributed by atoms with Gasteiger partial charge in [0.1, 0.15) is 5.75 Å². The maximum Gasteiger partial charge on any atom is 0.269 e. The number of nitrogens with one attached hydrogen (secondary N) is 3. The molecule has 0 atom stereocenters. The highest BCUT2D eigenvalue weighted by molar-refractivity contribution is 5.98. The third-order valence-electron chi connectivity index (χ3n) is 4.03. The van der Waals surface area contributed by atoms with Crippen LogP contribution in [-0.2, 0) is 9.59 Å². The molecule has 0 unspecified atom stereocenters. The molecule has 0 bridgehead atoms. The Bertz CT molecular complexity index is 859. The molecule has 29 heavy (non-hydrogen) atoms. The van der Waals surface area contributed by atoms with Gasteiger partial charge >= 0.3 is 0 Å². The summed E-state index contributed by atoms with van der Waals surface area (Å²) in [6, 6.07) is 13.6. The number of hydrogen-bond donors (Lipinski definition) is 3. The largest absolute Gasteiger partial charge is 0.497 e. The molecule has 152 valence electrons. The second kappa shape index (κ2) is 11.3. The Hall–Kier alpha value is -3.61. The first kappa shape index (κ1) is 21.7. The molecule has 0 aliphatic heterocycles. The Labute approximate surface area is 170 Å². The standard InChI is InChI=1S/C22H25N3O4/c1-3-4-5-20(26)23-18-11-9-17(10-12-18)22(28)25-24-21(27)15-8-16-6-13-19(29-2)14-7-16/h6-15H,3-5H2,1-2H3,(H,23,26)(H,24,27)(H,25,28). The van der Waals surface area contributed by atoms with Crippen molar-refractivity contribution < 1.29 is 19.1 Å². The van der Waals surface area contributed by atoms with E-state index in [1.165, 1.54) is 6.08 Å². The molecule has 0 saturated carbocycles. The maximum absolute atomic E-state index is 12.1. The summed E-state index contributed by atoms with van der Waals surface area (Å²) in [4.78, 5) is 35.7. The Morgan fingerprint density at radius 1 is 0.966 bits per heavy atom. The van der Waals surface area contributed by atoms with Crippen molar-refractivity contribution in [2.45, 2.75) is 26.2 Å². The number of rotatable bonds is 8. The third kappa shape index (κ3) is 7.50. The van der Waals surface area contributed by atoms with Crippen molar-refractivity contribution in [1.29, 1.82) is 0 Å². The van der Waals surface area contributed by atoms with Crippen LogP contribution in [0, 0.1) is 0 Å². The number of unbranched alkanes of at least 4 members (excludes halogenated alkanes) is 1. The lowest BCUT2D eigenvalue weighted by Crippen LogP contribution is -2.40. The molecule has 3 amide bonds. The lowest BCUT2D eigenvalue weighted by molar-refractivity contribution is -0.117. The van der Waals surface area contributed by atoms with Crippen LogP contribution in [0.3, 0.4) is 0 Å². The average molecular weight is 395 g/mol. The summed E-state index contributed by atoms with van der Waals surface area (Å²) in [6.07, 6.45) is 5.19. The highest BCUT2D eigenvalue weighted by Gasteiger charge is 2.07. The van der Waals surface area contributed by atoms with Crippen LogP contribution in [0.25, 0.3) is 6.08 Å². The molecule has 0 aromatic heterocycles. The topological polar surface area (TPSA) is 96.5 Å². The molecular formula is C22H25N3O4. The van der Waals surface area contributed by atoms with Crippen LogP contribution in [-0.4, -0.2) is 24.8 Å². The van der Waals surface area contributed by atoms with Gasteiger partial charge in [-0.1, -0.05) is 25.5 Å². The van der Waals surface area contributed by atoms with Gasteiger partial charge in [-0.15, -0.1) is 0 Å². The monoisotopic (exact) mass is 395 g/mol. The molecule has 0 radical (unpaired) electrons. The highest BCUT2D eigenvalue weighted by atomic mass is 16.5. The van der Waals surface area contributed by atoms with Crippen molar-refractivity contribution in [1.82, 2.24) is 10.9 Å². The van der Waals surface area contributed by atoms with Gasteiger partial charge < -0.3 is 10.1 Å². The summed E-state index contributed by atoms with van der Waals surface area (Å²) in [5.41, 5.74) is 6.47. The fourth-order valence-corrected chi connectivity index (χ4v) is 2.38. The molecule has 0 aliphatic rings. The highest BCUT2D eigenvalue weighted by Crippen LogP contribution is 2.12. The number of hydrogen-bond acceptors (Lipinski definition) is 4. The van der Waals surface area contributed by atoms with Crippen LogP contribution in [0.4, 0.5) is 5.69 Å². The molecule has 0 saturated heterocycles. The van der Waals surface area contributed by atoms with Crippen molar-refractivity contribution in [3.8, 4) is 5.75 Å². The van der Waals surface area contributed by atoms with Gasteiger partial charge in [0, 0.05) is 23.7 Å². The predicted octanol–water partition coefficient (Wildman–Crippen LogP) is 3.30. The number of hydrazine groups is 1. The molecule has 7 nitrogen and oxygen atoms in total. The van der Waals surface area contributed by atoms with Gasteiger partial charge in [-0.25, -0.2) is 0 Å². The van der Waals surface area contributed by atoms with E-state index >= 15 is 0 Å². The van der Waals surface area contributed by atoms with Crippen molar-refractivity contribution in [2.75, 3.05) is 12.4 Å². The Morgan fingerprint density at radius 2 is 1.66 bits per heavy atom. The van der Waals surface area contributed by atoms with E-state index in [1.807, 2.05) is 19.1 Å². The summed E-state index contributed by atoms with van der Waals surface area (Å²) in [5.74, 6) is -0.251. The van der Waals surface area contributed by atoms with Gasteiger partial charge in [-0.05, 0) is 54.5 Å². The van der Waals surface area contributed by atoms with Crippen LogP contribution >= 0.6 is 0 Å². The number of carbonyl (C=O) groups excluding carboxylic acids is 3. The Kier molecular flexibility index (Phi) is 8.44. The molecule has 0 spiro atoms. The predicted molar refractivity (Wildman–Crippen MR) is 112 cm³/mol. The molecule has 3 N–H and O–H groups in total. The molecule has 2 rings (SSSR count). The van der Waals surface area contributed by atoms with Gasteiger partial charge in [-0.2, -0.15) is 0 Å². The summed E-state index contributed by atoms with van der Waals surface area (Å²) >= 11 is 0. The summed E-state index contributed by atoms with van der Waals surface area (Å²) in [7, 11) is 1.58. The second-order valence-electron chi connectivity index (χ2n) is 6.28. The zero-order chi connectivity index (χ0) is 21.1. The number of methoxy groups -OCH3 is 1. The van der Waals surface area contributed by atoms with E-state index in [0.717, 1.165) is 24.2 Å². The van der Waals surface area contributed by atoms with Crippen LogP contribution in [0.15, 0.2) is 54.6 Å². The van der Waals surface area contributed by atoms with E-state index in [2.05, 4.69) is 16.2 Å². The number of anilines is 1. The zero-order valence-electron chi connectivity index (χ0n) is 16.5.